The van der Waals surface area contributed by atoms with Gasteiger partial charge in [0.25, 0.3) is 0 Å². The molecule has 0 saturated carbocycles. The van der Waals surface area contributed by atoms with Gasteiger partial charge in [-0.3, -0.25) is 4.98 Å². The van der Waals surface area contributed by atoms with Gasteiger partial charge in [-0.1, -0.05) is 24.3 Å². The first-order valence-electron chi connectivity index (χ1n) is 7.45. The Morgan fingerprint density at radius 1 is 1.29 bits per heavy atom. The van der Waals surface area contributed by atoms with Crippen LogP contribution in [-0.2, 0) is 12.8 Å². The molecule has 1 aromatic carbocycles. The number of methoxy groups -OCH3 is 1. The zero-order valence-corrected chi connectivity index (χ0v) is 12.5. The van der Waals surface area contributed by atoms with Crippen LogP contribution in [0.5, 0.6) is 5.75 Å². The molecule has 3 heteroatoms. The van der Waals surface area contributed by atoms with Crippen LogP contribution in [0.4, 0.5) is 0 Å². The highest BCUT2D eigenvalue weighted by Gasteiger charge is 2.28. The Morgan fingerprint density at radius 2 is 2.10 bits per heavy atom. The second kappa shape index (κ2) is 5.86. The lowest BCUT2D eigenvalue weighted by Crippen LogP contribution is -2.22. The Balaban J connectivity index is 1.82. The summed E-state index contributed by atoms with van der Waals surface area (Å²) in [4.78, 5) is 4.58. The second-order valence-corrected chi connectivity index (χ2v) is 5.79. The number of ether oxygens (including phenoxy) is 1. The molecule has 2 unspecified atom stereocenters. The molecule has 1 N–H and O–H groups in total. The molecular formula is C18H21NO2. The van der Waals surface area contributed by atoms with Crippen LogP contribution in [0.1, 0.15) is 35.0 Å². The Labute approximate surface area is 125 Å². The van der Waals surface area contributed by atoms with E-state index in [2.05, 4.69) is 11.1 Å². The van der Waals surface area contributed by atoms with Crippen molar-refractivity contribution in [1.82, 2.24) is 4.98 Å². The minimum Gasteiger partial charge on any atom is -0.497 e. The molecule has 0 saturated heterocycles. The normalized spacial score (nSPS) is 20.9. The topological polar surface area (TPSA) is 42.4 Å². The molecule has 0 fully saturated rings. The summed E-state index contributed by atoms with van der Waals surface area (Å²) < 4.78 is 5.31. The van der Waals surface area contributed by atoms with Gasteiger partial charge in [0.15, 0.2) is 0 Å². The molecule has 0 amide bonds. The Morgan fingerprint density at radius 3 is 2.90 bits per heavy atom. The van der Waals surface area contributed by atoms with Gasteiger partial charge in [0, 0.05) is 23.5 Å². The van der Waals surface area contributed by atoms with E-state index in [4.69, 9.17) is 4.74 Å². The van der Waals surface area contributed by atoms with Gasteiger partial charge < -0.3 is 9.84 Å². The molecule has 0 bridgehead atoms. The lowest BCUT2D eigenvalue weighted by Gasteiger charge is -2.30. The molecule has 3 rings (SSSR count). The Hall–Kier alpha value is -1.87. The lowest BCUT2D eigenvalue weighted by molar-refractivity contribution is 0.0930. The highest BCUT2D eigenvalue weighted by atomic mass is 16.5. The summed E-state index contributed by atoms with van der Waals surface area (Å²) in [5, 5.41) is 10.6. The number of hydrogen-bond donors (Lipinski definition) is 1. The Bertz CT molecular complexity index is 639. The molecule has 0 spiro atoms. The van der Waals surface area contributed by atoms with Crippen LogP contribution in [0.3, 0.4) is 0 Å². The van der Waals surface area contributed by atoms with Crippen LogP contribution in [0.15, 0.2) is 36.4 Å². The van der Waals surface area contributed by atoms with Crippen molar-refractivity contribution >= 4 is 0 Å². The standard InChI is InChI=1S/C18H21NO2/c1-12-9-16(21-2)11-15(19-12)10-14-8-7-13-5-3-4-6-17(13)18(14)20/h3-6,9,11,14,18,20H,7-8,10H2,1-2H3. The third-order valence-corrected chi connectivity index (χ3v) is 4.29. The van der Waals surface area contributed by atoms with Crippen molar-refractivity contribution in [3.05, 3.63) is 58.9 Å². The van der Waals surface area contributed by atoms with Crippen molar-refractivity contribution in [3.63, 3.8) is 0 Å². The number of benzene rings is 1. The number of pyridine rings is 1. The van der Waals surface area contributed by atoms with Crippen LogP contribution in [0, 0.1) is 12.8 Å². The monoisotopic (exact) mass is 283 g/mol. The molecule has 1 aliphatic carbocycles. The number of hydrogen-bond acceptors (Lipinski definition) is 3. The zero-order chi connectivity index (χ0) is 14.8. The van der Waals surface area contributed by atoms with E-state index < -0.39 is 6.10 Å². The molecule has 2 atom stereocenters. The highest BCUT2D eigenvalue weighted by Crippen LogP contribution is 2.36. The average Bonchev–Trinajstić information content (AvgIpc) is 2.50. The fourth-order valence-corrected chi connectivity index (χ4v) is 3.21. The van der Waals surface area contributed by atoms with Crippen molar-refractivity contribution < 1.29 is 9.84 Å². The average molecular weight is 283 g/mol. The van der Waals surface area contributed by atoms with Gasteiger partial charge in [0.1, 0.15) is 5.75 Å². The van der Waals surface area contributed by atoms with Gasteiger partial charge in [0.05, 0.1) is 13.2 Å². The molecule has 1 heterocycles. The second-order valence-electron chi connectivity index (χ2n) is 5.79. The predicted molar refractivity (Wildman–Crippen MR) is 82.4 cm³/mol. The van der Waals surface area contributed by atoms with Crippen molar-refractivity contribution in [2.24, 2.45) is 5.92 Å². The number of aryl methyl sites for hydroxylation is 2. The van der Waals surface area contributed by atoms with Gasteiger partial charge in [-0.05, 0) is 43.2 Å². The molecule has 1 aliphatic rings. The number of aliphatic hydroxyl groups is 1. The lowest BCUT2D eigenvalue weighted by atomic mass is 9.79. The van der Waals surface area contributed by atoms with Gasteiger partial charge in [0.2, 0.25) is 0 Å². The van der Waals surface area contributed by atoms with Crippen molar-refractivity contribution in [1.29, 1.82) is 0 Å². The number of nitrogens with zero attached hydrogens (tertiary/aromatic N) is 1. The van der Waals surface area contributed by atoms with E-state index in [1.165, 1.54) is 5.56 Å². The number of rotatable bonds is 3. The summed E-state index contributed by atoms with van der Waals surface area (Å²) in [7, 11) is 1.67. The zero-order valence-electron chi connectivity index (χ0n) is 12.5. The van der Waals surface area contributed by atoms with E-state index in [0.29, 0.717) is 0 Å². The van der Waals surface area contributed by atoms with Crippen LogP contribution < -0.4 is 4.74 Å². The molecule has 110 valence electrons. The van der Waals surface area contributed by atoms with E-state index in [1.807, 2.05) is 37.3 Å². The maximum absolute atomic E-state index is 10.6. The van der Waals surface area contributed by atoms with Crippen molar-refractivity contribution in [2.45, 2.75) is 32.3 Å². The summed E-state index contributed by atoms with van der Waals surface area (Å²) in [5.74, 6) is 1.06. The maximum Gasteiger partial charge on any atom is 0.122 e. The van der Waals surface area contributed by atoms with Gasteiger partial charge >= 0.3 is 0 Å². The Kier molecular flexibility index (Phi) is 3.93. The molecule has 1 aromatic heterocycles. The maximum atomic E-state index is 10.6. The molecular weight excluding hydrogens is 262 g/mol. The minimum absolute atomic E-state index is 0.221. The number of aliphatic hydroxyl groups excluding tert-OH is 1. The van der Waals surface area contributed by atoms with Gasteiger partial charge in [-0.25, -0.2) is 0 Å². The SMILES string of the molecule is COc1cc(C)nc(CC2CCc3ccccc3C2O)c1. The van der Waals surface area contributed by atoms with Crippen molar-refractivity contribution in [2.75, 3.05) is 7.11 Å². The molecule has 0 aliphatic heterocycles. The first-order valence-corrected chi connectivity index (χ1v) is 7.45. The van der Waals surface area contributed by atoms with Crippen LogP contribution in [0.2, 0.25) is 0 Å². The smallest absolute Gasteiger partial charge is 0.122 e. The van der Waals surface area contributed by atoms with E-state index in [0.717, 1.165) is 42.0 Å². The minimum atomic E-state index is -0.400. The predicted octanol–water partition coefficient (Wildman–Crippen LogP) is 3.24. The third kappa shape index (κ3) is 2.93. The quantitative estimate of drug-likeness (QED) is 0.940. The molecule has 2 aromatic rings. The van der Waals surface area contributed by atoms with Crippen LogP contribution >= 0.6 is 0 Å². The van der Waals surface area contributed by atoms with Crippen molar-refractivity contribution in [3.8, 4) is 5.75 Å². The molecule has 0 radical (unpaired) electrons. The van der Waals surface area contributed by atoms with Gasteiger partial charge in [-0.15, -0.1) is 0 Å². The summed E-state index contributed by atoms with van der Waals surface area (Å²) in [6.45, 7) is 1.97. The fraction of sp³-hybridized carbons (Fsp3) is 0.389. The van der Waals surface area contributed by atoms with E-state index in [9.17, 15) is 5.11 Å². The van der Waals surface area contributed by atoms with E-state index in [-0.39, 0.29) is 5.92 Å². The summed E-state index contributed by atoms with van der Waals surface area (Å²) in [6, 6.07) is 12.1. The fourth-order valence-electron chi connectivity index (χ4n) is 3.21. The van der Waals surface area contributed by atoms with E-state index in [1.54, 1.807) is 7.11 Å². The van der Waals surface area contributed by atoms with E-state index >= 15 is 0 Å². The van der Waals surface area contributed by atoms with Crippen LogP contribution in [0.25, 0.3) is 0 Å². The third-order valence-electron chi connectivity index (χ3n) is 4.29. The van der Waals surface area contributed by atoms with Gasteiger partial charge in [-0.2, -0.15) is 0 Å². The summed E-state index contributed by atoms with van der Waals surface area (Å²) in [6.07, 6.45) is 2.41. The van der Waals surface area contributed by atoms with Crippen LogP contribution in [-0.4, -0.2) is 17.2 Å². The number of fused-ring (bicyclic) bond motifs is 1. The summed E-state index contributed by atoms with van der Waals surface area (Å²) >= 11 is 0. The number of aromatic nitrogens is 1. The molecule has 21 heavy (non-hydrogen) atoms. The first-order chi connectivity index (χ1) is 10.2. The highest BCUT2D eigenvalue weighted by molar-refractivity contribution is 5.33. The summed E-state index contributed by atoms with van der Waals surface area (Å²) in [5.41, 5.74) is 4.30. The first kappa shape index (κ1) is 14.1. The molecule has 3 nitrogen and oxygen atoms in total. The largest absolute Gasteiger partial charge is 0.497 e.